The summed E-state index contributed by atoms with van der Waals surface area (Å²) in [5.41, 5.74) is 1.88. The maximum Gasteiger partial charge on any atom is 0.0641 e. The zero-order chi connectivity index (χ0) is 8.44. The zero-order valence-electron chi connectivity index (χ0n) is 7.68. The number of aliphatic hydroxyl groups is 1. The van der Waals surface area contributed by atoms with Gasteiger partial charge in [0.1, 0.15) is 0 Å². The summed E-state index contributed by atoms with van der Waals surface area (Å²) in [5, 5.41) is 9.01. The molecule has 1 nitrogen and oxygen atoms in total. The molecule has 0 unspecified atom stereocenters. The largest absolute Gasteiger partial charge is 0.392 e. The molecule has 2 aliphatic rings. The third-order valence-corrected chi connectivity index (χ3v) is 3.54. The summed E-state index contributed by atoms with van der Waals surface area (Å²) in [6, 6.07) is 0. The molecule has 12 heavy (non-hydrogen) atoms. The number of rotatable bonds is 1. The van der Waals surface area contributed by atoms with Crippen molar-refractivity contribution in [3.63, 3.8) is 0 Å². The summed E-state index contributed by atoms with van der Waals surface area (Å²) >= 11 is 0. The molecule has 0 bridgehead atoms. The van der Waals surface area contributed by atoms with Gasteiger partial charge in [-0.25, -0.2) is 0 Å². The Morgan fingerprint density at radius 2 is 2.00 bits per heavy atom. The van der Waals surface area contributed by atoms with Gasteiger partial charge in [0.05, 0.1) is 6.61 Å². The summed E-state index contributed by atoms with van der Waals surface area (Å²) in [5.74, 6) is 0. The Labute approximate surface area is 74.5 Å². The van der Waals surface area contributed by atoms with Crippen LogP contribution in [0.3, 0.4) is 0 Å². The quantitative estimate of drug-likeness (QED) is 0.594. The minimum atomic E-state index is 0.293. The number of allylic oxidation sites excluding steroid dienone is 1. The lowest BCUT2D eigenvalue weighted by atomic mass is 9.72. The summed E-state index contributed by atoms with van der Waals surface area (Å²) in [4.78, 5) is 0. The normalized spacial score (nSPS) is 27.6. The highest BCUT2D eigenvalue weighted by Gasteiger charge is 2.34. The van der Waals surface area contributed by atoms with Crippen LogP contribution < -0.4 is 0 Å². The van der Waals surface area contributed by atoms with E-state index >= 15 is 0 Å². The minimum Gasteiger partial charge on any atom is -0.392 e. The molecule has 0 aromatic rings. The highest BCUT2D eigenvalue weighted by molar-refractivity contribution is 5.15. The first-order valence-electron chi connectivity index (χ1n) is 5.13. The monoisotopic (exact) mass is 166 g/mol. The SMILES string of the molecule is OCC1=CCC2(CCCCC2)C1. The Morgan fingerprint density at radius 3 is 2.58 bits per heavy atom. The van der Waals surface area contributed by atoms with Gasteiger partial charge in [-0.3, -0.25) is 0 Å². The average molecular weight is 166 g/mol. The van der Waals surface area contributed by atoms with Crippen LogP contribution in [-0.2, 0) is 0 Å². The molecule has 1 fully saturated rings. The predicted octanol–water partition coefficient (Wildman–Crippen LogP) is 2.65. The third kappa shape index (κ3) is 1.42. The molecule has 1 N–H and O–H groups in total. The van der Waals surface area contributed by atoms with Crippen molar-refractivity contribution < 1.29 is 5.11 Å². The van der Waals surface area contributed by atoms with E-state index in [1.54, 1.807) is 0 Å². The predicted molar refractivity (Wildman–Crippen MR) is 49.9 cm³/mol. The second-order valence-corrected chi connectivity index (χ2v) is 4.46. The van der Waals surface area contributed by atoms with Crippen LogP contribution in [0.2, 0.25) is 0 Å². The number of hydrogen-bond acceptors (Lipinski definition) is 1. The van der Waals surface area contributed by atoms with Crippen LogP contribution in [0, 0.1) is 5.41 Å². The van der Waals surface area contributed by atoms with Gasteiger partial charge in [-0.05, 0) is 36.7 Å². The number of aliphatic hydroxyl groups excluding tert-OH is 1. The molecule has 2 aliphatic carbocycles. The molecule has 1 heteroatoms. The molecule has 0 aromatic carbocycles. The standard InChI is InChI=1S/C11H18O/c12-9-10-4-7-11(8-10)5-2-1-3-6-11/h4,12H,1-3,5-9H2. The van der Waals surface area contributed by atoms with Crippen LogP contribution >= 0.6 is 0 Å². The first-order chi connectivity index (χ1) is 5.85. The lowest BCUT2D eigenvalue weighted by Crippen LogP contribution is -2.20. The van der Waals surface area contributed by atoms with Crippen LogP contribution in [0.1, 0.15) is 44.9 Å². The summed E-state index contributed by atoms with van der Waals surface area (Å²) in [6.07, 6.45) is 11.7. The molecule has 0 aliphatic heterocycles. The maximum absolute atomic E-state index is 9.01. The second-order valence-electron chi connectivity index (χ2n) is 4.46. The van der Waals surface area contributed by atoms with Gasteiger partial charge in [-0.2, -0.15) is 0 Å². The van der Waals surface area contributed by atoms with Crippen LogP contribution in [0.5, 0.6) is 0 Å². The van der Waals surface area contributed by atoms with Crippen molar-refractivity contribution in [2.24, 2.45) is 5.41 Å². The van der Waals surface area contributed by atoms with Crippen molar-refractivity contribution in [2.45, 2.75) is 44.9 Å². The van der Waals surface area contributed by atoms with Gasteiger partial charge in [0.2, 0.25) is 0 Å². The fourth-order valence-electron chi connectivity index (χ4n) is 2.79. The van der Waals surface area contributed by atoms with Crippen molar-refractivity contribution in [1.82, 2.24) is 0 Å². The molecule has 0 atom stereocenters. The lowest BCUT2D eigenvalue weighted by Gasteiger charge is -2.33. The Bertz CT molecular complexity index is 187. The van der Waals surface area contributed by atoms with Gasteiger partial charge in [0.25, 0.3) is 0 Å². The van der Waals surface area contributed by atoms with Crippen LogP contribution in [0.15, 0.2) is 11.6 Å². The molecular weight excluding hydrogens is 148 g/mol. The minimum absolute atomic E-state index is 0.293. The van der Waals surface area contributed by atoms with Crippen molar-refractivity contribution in [2.75, 3.05) is 6.61 Å². The average Bonchev–Trinajstić information content (AvgIpc) is 2.50. The van der Waals surface area contributed by atoms with Crippen LogP contribution in [-0.4, -0.2) is 11.7 Å². The Kier molecular flexibility index (Phi) is 2.22. The molecule has 1 saturated carbocycles. The summed E-state index contributed by atoms with van der Waals surface area (Å²) in [6.45, 7) is 0.293. The van der Waals surface area contributed by atoms with Crippen LogP contribution in [0.4, 0.5) is 0 Å². The molecule has 0 saturated heterocycles. The Hall–Kier alpha value is -0.300. The van der Waals surface area contributed by atoms with Crippen LogP contribution in [0.25, 0.3) is 0 Å². The van der Waals surface area contributed by atoms with E-state index in [1.807, 2.05) is 0 Å². The van der Waals surface area contributed by atoms with E-state index in [0.29, 0.717) is 12.0 Å². The number of hydrogen-bond donors (Lipinski definition) is 1. The highest BCUT2D eigenvalue weighted by atomic mass is 16.3. The van der Waals surface area contributed by atoms with Crippen molar-refractivity contribution >= 4 is 0 Å². The first kappa shape index (κ1) is 8.31. The van der Waals surface area contributed by atoms with E-state index in [2.05, 4.69) is 6.08 Å². The smallest absolute Gasteiger partial charge is 0.0641 e. The van der Waals surface area contributed by atoms with Gasteiger partial charge in [-0.1, -0.05) is 25.3 Å². The highest BCUT2D eigenvalue weighted by Crippen LogP contribution is 2.48. The summed E-state index contributed by atoms with van der Waals surface area (Å²) < 4.78 is 0. The van der Waals surface area contributed by atoms with Crippen molar-refractivity contribution in [3.05, 3.63) is 11.6 Å². The fourth-order valence-corrected chi connectivity index (χ4v) is 2.79. The second kappa shape index (κ2) is 3.21. The maximum atomic E-state index is 9.01. The van der Waals surface area contributed by atoms with Crippen molar-refractivity contribution in [3.8, 4) is 0 Å². The van der Waals surface area contributed by atoms with E-state index in [1.165, 1.54) is 50.5 Å². The Balaban J connectivity index is 1.97. The first-order valence-corrected chi connectivity index (χ1v) is 5.13. The van der Waals surface area contributed by atoms with Gasteiger partial charge in [-0.15, -0.1) is 0 Å². The molecule has 0 amide bonds. The molecule has 0 aromatic heterocycles. The Morgan fingerprint density at radius 1 is 1.25 bits per heavy atom. The topological polar surface area (TPSA) is 20.2 Å². The molecular formula is C11H18O. The van der Waals surface area contributed by atoms with Gasteiger partial charge < -0.3 is 5.11 Å². The van der Waals surface area contributed by atoms with Gasteiger partial charge in [0.15, 0.2) is 0 Å². The van der Waals surface area contributed by atoms with E-state index in [4.69, 9.17) is 5.11 Å². The lowest BCUT2D eigenvalue weighted by molar-refractivity contribution is 0.198. The van der Waals surface area contributed by atoms with E-state index < -0.39 is 0 Å². The molecule has 68 valence electrons. The molecule has 1 spiro atoms. The van der Waals surface area contributed by atoms with E-state index in [0.717, 1.165) is 0 Å². The zero-order valence-corrected chi connectivity index (χ0v) is 7.68. The van der Waals surface area contributed by atoms with E-state index in [-0.39, 0.29) is 0 Å². The summed E-state index contributed by atoms with van der Waals surface area (Å²) in [7, 11) is 0. The molecule has 0 heterocycles. The molecule has 0 radical (unpaired) electrons. The van der Waals surface area contributed by atoms with E-state index in [9.17, 15) is 0 Å². The van der Waals surface area contributed by atoms with Crippen molar-refractivity contribution in [1.29, 1.82) is 0 Å². The fraction of sp³-hybridized carbons (Fsp3) is 0.818. The molecule has 2 rings (SSSR count). The third-order valence-electron chi connectivity index (χ3n) is 3.54. The van der Waals surface area contributed by atoms with Gasteiger partial charge >= 0.3 is 0 Å². The van der Waals surface area contributed by atoms with Gasteiger partial charge in [0, 0.05) is 0 Å².